The van der Waals surface area contributed by atoms with E-state index in [0.29, 0.717) is 6.61 Å². The minimum absolute atomic E-state index is 0.150. The van der Waals surface area contributed by atoms with E-state index in [1.54, 1.807) is 12.5 Å². The zero-order valence-electron chi connectivity index (χ0n) is 9.32. The highest BCUT2D eigenvalue weighted by molar-refractivity contribution is 5.77. The molecule has 1 N–H and O–H groups in total. The maximum absolute atomic E-state index is 11.7. The normalized spacial score (nSPS) is 12.4. The van der Waals surface area contributed by atoms with Crippen molar-refractivity contribution in [2.24, 2.45) is 0 Å². The van der Waals surface area contributed by atoms with Crippen LogP contribution < -0.4 is 0 Å². The summed E-state index contributed by atoms with van der Waals surface area (Å²) >= 11 is 0. The summed E-state index contributed by atoms with van der Waals surface area (Å²) in [6.07, 6.45) is 5.88. The van der Waals surface area contributed by atoms with Crippen molar-refractivity contribution in [2.75, 3.05) is 6.61 Å². The van der Waals surface area contributed by atoms with Crippen molar-refractivity contribution in [1.29, 1.82) is 0 Å². The Balaban J connectivity index is 2.61. The molecule has 1 rings (SSSR count). The number of esters is 1. The average Bonchev–Trinajstić information content (AvgIpc) is 2.75. The molecule has 4 heteroatoms. The van der Waals surface area contributed by atoms with E-state index in [4.69, 9.17) is 4.74 Å². The third-order valence-electron chi connectivity index (χ3n) is 2.21. The minimum Gasteiger partial charge on any atom is -0.465 e. The van der Waals surface area contributed by atoms with Crippen LogP contribution in [0.2, 0.25) is 0 Å². The van der Waals surface area contributed by atoms with Crippen molar-refractivity contribution in [2.45, 2.75) is 39.0 Å². The van der Waals surface area contributed by atoms with E-state index in [1.807, 2.05) is 6.92 Å². The Labute approximate surface area is 90.1 Å². The number of H-pyrrole nitrogens is 1. The molecule has 0 bridgehead atoms. The lowest BCUT2D eigenvalue weighted by molar-refractivity contribution is -0.145. The van der Waals surface area contributed by atoms with E-state index in [1.165, 1.54) is 0 Å². The fraction of sp³-hybridized carbons (Fsp3) is 0.636. The van der Waals surface area contributed by atoms with E-state index in [9.17, 15) is 4.79 Å². The molecular weight excluding hydrogens is 192 g/mol. The minimum atomic E-state index is -0.191. The van der Waals surface area contributed by atoms with E-state index >= 15 is 0 Å². The van der Waals surface area contributed by atoms with Crippen LogP contribution in [0.1, 0.15) is 44.7 Å². The van der Waals surface area contributed by atoms with Gasteiger partial charge in [0.15, 0.2) is 0 Å². The van der Waals surface area contributed by atoms with Crippen LogP contribution >= 0.6 is 0 Å². The second-order valence-electron chi connectivity index (χ2n) is 3.52. The molecule has 0 amide bonds. The molecule has 0 radical (unpaired) electrons. The molecule has 0 aromatic carbocycles. The number of aromatic nitrogens is 2. The van der Waals surface area contributed by atoms with Gasteiger partial charge in [-0.05, 0) is 12.8 Å². The van der Waals surface area contributed by atoms with Crippen molar-refractivity contribution in [3.8, 4) is 0 Å². The molecule has 84 valence electrons. The molecule has 0 aliphatic carbocycles. The van der Waals surface area contributed by atoms with Crippen molar-refractivity contribution in [3.05, 3.63) is 18.2 Å². The van der Waals surface area contributed by atoms with Gasteiger partial charge in [0.05, 0.1) is 18.9 Å². The SMILES string of the molecule is CCCOC(=O)C(CCC)c1cnc[nH]1. The van der Waals surface area contributed by atoms with Gasteiger partial charge in [-0.15, -0.1) is 0 Å². The van der Waals surface area contributed by atoms with Crippen LogP contribution in [-0.2, 0) is 9.53 Å². The molecule has 0 aliphatic rings. The van der Waals surface area contributed by atoms with Crippen molar-refractivity contribution in [1.82, 2.24) is 9.97 Å². The number of imidazole rings is 1. The summed E-state index contributed by atoms with van der Waals surface area (Å²) in [4.78, 5) is 18.6. The van der Waals surface area contributed by atoms with Crippen molar-refractivity contribution >= 4 is 5.97 Å². The highest BCUT2D eigenvalue weighted by atomic mass is 16.5. The summed E-state index contributed by atoms with van der Waals surface area (Å²) in [7, 11) is 0. The first kappa shape index (κ1) is 11.8. The number of hydrogen-bond donors (Lipinski definition) is 1. The third-order valence-corrected chi connectivity index (χ3v) is 2.21. The first-order valence-electron chi connectivity index (χ1n) is 5.44. The van der Waals surface area contributed by atoms with Crippen LogP contribution in [0.15, 0.2) is 12.5 Å². The fourth-order valence-electron chi connectivity index (χ4n) is 1.45. The van der Waals surface area contributed by atoms with Crippen molar-refractivity contribution < 1.29 is 9.53 Å². The standard InChI is InChI=1S/C11H18N2O2/c1-3-5-9(10-7-12-8-13-10)11(14)15-6-4-2/h7-9H,3-6H2,1-2H3,(H,12,13). The molecule has 0 fully saturated rings. The summed E-state index contributed by atoms with van der Waals surface area (Å²) in [5, 5.41) is 0. The number of carbonyl (C=O) groups is 1. The molecule has 1 atom stereocenters. The second kappa shape index (κ2) is 6.22. The Morgan fingerprint density at radius 2 is 2.33 bits per heavy atom. The van der Waals surface area contributed by atoms with Crippen LogP contribution in [0.25, 0.3) is 0 Å². The van der Waals surface area contributed by atoms with Gasteiger partial charge < -0.3 is 9.72 Å². The topological polar surface area (TPSA) is 55.0 Å². The molecular formula is C11H18N2O2. The predicted octanol–water partition coefficient (Wildman–Crippen LogP) is 2.25. The van der Waals surface area contributed by atoms with Crippen molar-refractivity contribution in [3.63, 3.8) is 0 Å². The van der Waals surface area contributed by atoms with Crippen LogP contribution in [0, 0.1) is 0 Å². The molecule has 0 saturated heterocycles. The number of hydrogen-bond acceptors (Lipinski definition) is 3. The van der Waals surface area contributed by atoms with E-state index in [0.717, 1.165) is 25.0 Å². The third kappa shape index (κ3) is 3.38. The zero-order chi connectivity index (χ0) is 11.1. The Hall–Kier alpha value is -1.32. The molecule has 0 aliphatic heterocycles. The van der Waals surface area contributed by atoms with Gasteiger partial charge in [-0.3, -0.25) is 4.79 Å². The van der Waals surface area contributed by atoms with E-state index < -0.39 is 0 Å². The van der Waals surface area contributed by atoms with Crippen LogP contribution in [0.3, 0.4) is 0 Å². The zero-order valence-corrected chi connectivity index (χ0v) is 9.32. The monoisotopic (exact) mass is 210 g/mol. The Kier molecular flexibility index (Phi) is 4.87. The lowest BCUT2D eigenvalue weighted by Gasteiger charge is -2.13. The van der Waals surface area contributed by atoms with Crippen LogP contribution in [-0.4, -0.2) is 22.5 Å². The van der Waals surface area contributed by atoms with Crippen LogP contribution in [0.4, 0.5) is 0 Å². The maximum Gasteiger partial charge on any atom is 0.314 e. The molecule has 1 unspecified atom stereocenters. The summed E-state index contributed by atoms with van der Waals surface area (Å²) in [5.74, 6) is -0.341. The number of rotatable bonds is 6. The van der Waals surface area contributed by atoms with E-state index in [-0.39, 0.29) is 11.9 Å². The summed E-state index contributed by atoms with van der Waals surface area (Å²) in [6.45, 7) is 4.53. The molecule has 1 aromatic heterocycles. The fourth-order valence-corrected chi connectivity index (χ4v) is 1.45. The molecule has 15 heavy (non-hydrogen) atoms. The number of aromatic amines is 1. The molecule has 0 saturated carbocycles. The highest BCUT2D eigenvalue weighted by Crippen LogP contribution is 2.20. The molecule has 1 aromatic rings. The van der Waals surface area contributed by atoms with Gasteiger partial charge in [-0.1, -0.05) is 20.3 Å². The molecule has 0 spiro atoms. The Bertz CT molecular complexity index is 283. The van der Waals surface area contributed by atoms with Gasteiger partial charge in [0, 0.05) is 11.9 Å². The van der Waals surface area contributed by atoms with Gasteiger partial charge in [-0.2, -0.15) is 0 Å². The number of ether oxygens (including phenoxy) is 1. The quantitative estimate of drug-likeness (QED) is 0.733. The summed E-state index contributed by atoms with van der Waals surface area (Å²) in [6, 6.07) is 0. The summed E-state index contributed by atoms with van der Waals surface area (Å²) < 4.78 is 5.14. The van der Waals surface area contributed by atoms with Gasteiger partial charge in [0.2, 0.25) is 0 Å². The largest absolute Gasteiger partial charge is 0.465 e. The Morgan fingerprint density at radius 3 is 2.87 bits per heavy atom. The lowest BCUT2D eigenvalue weighted by atomic mass is 10.0. The smallest absolute Gasteiger partial charge is 0.314 e. The number of nitrogens with zero attached hydrogens (tertiary/aromatic N) is 1. The maximum atomic E-state index is 11.7. The lowest BCUT2D eigenvalue weighted by Crippen LogP contribution is -2.16. The predicted molar refractivity (Wildman–Crippen MR) is 57.5 cm³/mol. The van der Waals surface area contributed by atoms with Gasteiger partial charge in [0.25, 0.3) is 0 Å². The Morgan fingerprint density at radius 1 is 1.53 bits per heavy atom. The average molecular weight is 210 g/mol. The molecule has 1 heterocycles. The summed E-state index contributed by atoms with van der Waals surface area (Å²) in [5.41, 5.74) is 0.845. The molecule has 4 nitrogen and oxygen atoms in total. The first-order valence-corrected chi connectivity index (χ1v) is 5.44. The highest BCUT2D eigenvalue weighted by Gasteiger charge is 2.22. The second-order valence-corrected chi connectivity index (χ2v) is 3.52. The van der Waals surface area contributed by atoms with Gasteiger partial charge in [0.1, 0.15) is 0 Å². The number of carbonyl (C=O) groups excluding carboxylic acids is 1. The van der Waals surface area contributed by atoms with Gasteiger partial charge in [-0.25, -0.2) is 4.98 Å². The van der Waals surface area contributed by atoms with Crippen LogP contribution in [0.5, 0.6) is 0 Å². The number of nitrogens with one attached hydrogen (secondary N) is 1. The van der Waals surface area contributed by atoms with Gasteiger partial charge >= 0.3 is 5.97 Å². The first-order chi connectivity index (χ1) is 7.29. The van der Waals surface area contributed by atoms with E-state index in [2.05, 4.69) is 16.9 Å².